The second-order valence-electron chi connectivity index (χ2n) is 6.18. The van der Waals surface area contributed by atoms with E-state index in [2.05, 4.69) is 15.0 Å². The van der Waals surface area contributed by atoms with Gasteiger partial charge in [0.1, 0.15) is 0 Å². The number of sulfonamides is 1. The summed E-state index contributed by atoms with van der Waals surface area (Å²) in [4.78, 5) is 16.2. The number of benzene rings is 1. The maximum absolute atomic E-state index is 12.1. The first-order chi connectivity index (χ1) is 12.0. The Labute approximate surface area is 147 Å². The van der Waals surface area contributed by atoms with Gasteiger partial charge in [0, 0.05) is 31.4 Å². The normalized spacial score (nSPS) is 14.2. The summed E-state index contributed by atoms with van der Waals surface area (Å²) in [5.41, 5.74) is 1.88. The molecule has 132 valence electrons. The van der Waals surface area contributed by atoms with Gasteiger partial charge in [-0.1, -0.05) is 18.2 Å². The monoisotopic (exact) mass is 359 g/mol. The van der Waals surface area contributed by atoms with E-state index in [1.807, 2.05) is 12.1 Å². The van der Waals surface area contributed by atoms with Gasteiger partial charge in [-0.05, 0) is 48.6 Å². The van der Waals surface area contributed by atoms with E-state index >= 15 is 0 Å². The molecule has 1 aromatic heterocycles. The molecule has 0 atom stereocenters. The van der Waals surface area contributed by atoms with Crippen LogP contribution in [0.3, 0.4) is 0 Å². The summed E-state index contributed by atoms with van der Waals surface area (Å²) >= 11 is 0. The van der Waals surface area contributed by atoms with Crippen molar-refractivity contribution in [3.8, 4) is 0 Å². The highest BCUT2D eigenvalue weighted by Crippen LogP contribution is 2.22. The van der Waals surface area contributed by atoms with E-state index < -0.39 is 10.0 Å². The Kier molecular flexibility index (Phi) is 5.45. The summed E-state index contributed by atoms with van der Waals surface area (Å²) < 4.78 is 26.9. The van der Waals surface area contributed by atoms with Crippen LogP contribution in [0.15, 0.2) is 53.7 Å². The van der Waals surface area contributed by atoms with Gasteiger partial charge in [-0.15, -0.1) is 0 Å². The SMILES string of the molecule is O=C(CCc1ccc(S(=O)(=O)NC2CC2)cc1)NCc1cccnc1. The van der Waals surface area contributed by atoms with Crippen molar-refractivity contribution in [2.45, 2.75) is 43.2 Å². The average Bonchev–Trinajstić information content (AvgIpc) is 3.43. The van der Waals surface area contributed by atoms with Crippen LogP contribution in [0.2, 0.25) is 0 Å². The molecule has 1 saturated carbocycles. The molecule has 1 aliphatic rings. The molecular formula is C18H21N3O3S. The molecule has 1 heterocycles. The second kappa shape index (κ2) is 7.76. The van der Waals surface area contributed by atoms with Gasteiger partial charge in [0.25, 0.3) is 0 Å². The minimum absolute atomic E-state index is 0.0454. The molecule has 25 heavy (non-hydrogen) atoms. The Morgan fingerprint density at radius 3 is 2.52 bits per heavy atom. The first-order valence-electron chi connectivity index (χ1n) is 8.30. The van der Waals surface area contributed by atoms with E-state index in [4.69, 9.17) is 0 Å². The van der Waals surface area contributed by atoms with Gasteiger partial charge >= 0.3 is 0 Å². The summed E-state index contributed by atoms with van der Waals surface area (Å²) in [5.74, 6) is -0.0454. The van der Waals surface area contributed by atoms with Crippen LogP contribution >= 0.6 is 0 Å². The Morgan fingerprint density at radius 1 is 1.12 bits per heavy atom. The molecule has 0 saturated heterocycles. The highest BCUT2D eigenvalue weighted by Gasteiger charge is 2.27. The lowest BCUT2D eigenvalue weighted by molar-refractivity contribution is -0.121. The zero-order chi connectivity index (χ0) is 17.7. The third-order valence-electron chi connectivity index (χ3n) is 3.99. The number of rotatable bonds is 8. The molecule has 0 radical (unpaired) electrons. The van der Waals surface area contributed by atoms with E-state index in [0.717, 1.165) is 24.0 Å². The largest absolute Gasteiger partial charge is 0.352 e. The highest BCUT2D eigenvalue weighted by molar-refractivity contribution is 7.89. The number of hydrogen-bond donors (Lipinski definition) is 2. The van der Waals surface area contributed by atoms with Crippen LogP contribution in [0.4, 0.5) is 0 Å². The summed E-state index contributed by atoms with van der Waals surface area (Å²) in [5, 5.41) is 2.85. The Morgan fingerprint density at radius 2 is 1.88 bits per heavy atom. The molecule has 0 bridgehead atoms. The minimum Gasteiger partial charge on any atom is -0.352 e. The predicted octanol–water partition coefficient (Wildman–Crippen LogP) is 1.77. The zero-order valence-electron chi connectivity index (χ0n) is 13.8. The lowest BCUT2D eigenvalue weighted by atomic mass is 10.1. The molecule has 1 aromatic carbocycles. The zero-order valence-corrected chi connectivity index (χ0v) is 14.6. The van der Waals surface area contributed by atoms with E-state index in [0.29, 0.717) is 19.4 Å². The van der Waals surface area contributed by atoms with Crippen molar-refractivity contribution in [1.29, 1.82) is 0 Å². The van der Waals surface area contributed by atoms with Gasteiger partial charge < -0.3 is 5.32 Å². The second-order valence-corrected chi connectivity index (χ2v) is 7.89. The Balaban J connectivity index is 1.47. The van der Waals surface area contributed by atoms with Crippen molar-refractivity contribution in [2.75, 3.05) is 0 Å². The molecule has 0 unspecified atom stereocenters. The molecule has 3 rings (SSSR count). The molecule has 2 N–H and O–H groups in total. The third kappa shape index (κ3) is 5.37. The lowest BCUT2D eigenvalue weighted by Gasteiger charge is -2.07. The third-order valence-corrected chi connectivity index (χ3v) is 5.52. The number of pyridine rings is 1. The molecular weight excluding hydrogens is 338 g/mol. The topological polar surface area (TPSA) is 88.2 Å². The quantitative estimate of drug-likeness (QED) is 0.752. The van der Waals surface area contributed by atoms with Gasteiger partial charge in [-0.25, -0.2) is 13.1 Å². The first-order valence-corrected chi connectivity index (χ1v) is 9.78. The van der Waals surface area contributed by atoms with Crippen LogP contribution < -0.4 is 10.0 Å². The number of carbonyl (C=O) groups is 1. The number of carbonyl (C=O) groups excluding carboxylic acids is 1. The Bertz CT molecular complexity index is 816. The van der Waals surface area contributed by atoms with Crippen molar-refractivity contribution < 1.29 is 13.2 Å². The average molecular weight is 359 g/mol. The first kappa shape index (κ1) is 17.6. The summed E-state index contributed by atoms with van der Waals surface area (Å²) in [7, 11) is -3.42. The Hall–Kier alpha value is -2.25. The van der Waals surface area contributed by atoms with Gasteiger partial charge in [0.2, 0.25) is 15.9 Å². The highest BCUT2D eigenvalue weighted by atomic mass is 32.2. The van der Waals surface area contributed by atoms with Crippen LogP contribution in [0.5, 0.6) is 0 Å². The fraction of sp³-hybridized carbons (Fsp3) is 0.333. The number of nitrogens with one attached hydrogen (secondary N) is 2. The van der Waals surface area contributed by atoms with Crippen LogP contribution in [-0.2, 0) is 27.8 Å². The van der Waals surface area contributed by atoms with E-state index in [-0.39, 0.29) is 16.8 Å². The van der Waals surface area contributed by atoms with Crippen molar-refractivity contribution >= 4 is 15.9 Å². The van der Waals surface area contributed by atoms with Gasteiger partial charge in [-0.3, -0.25) is 9.78 Å². The van der Waals surface area contributed by atoms with E-state index in [1.165, 1.54) is 0 Å². The van der Waals surface area contributed by atoms with Gasteiger partial charge in [0.05, 0.1) is 4.90 Å². The summed E-state index contributed by atoms with van der Waals surface area (Å²) in [6, 6.07) is 10.5. The molecule has 7 heteroatoms. The van der Waals surface area contributed by atoms with Crippen LogP contribution in [0.1, 0.15) is 30.4 Å². The molecule has 2 aromatic rings. The van der Waals surface area contributed by atoms with Crippen LogP contribution in [0, 0.1) is 0 Å². The molecule has 1 fully saturated rings. The summed E-state index contributed by atoms with van der Waals surface area (Å²) in [6.07, 6.45) is 6.14. The molecule has 6 nitrogen and oxygen atoms in total. The van der Waals surface area contributed by atoms with Gasteiger partial charge in [0.15, 0.2) is 0 Å². The number of hydrogen-bond acceptors (Lipinski definition) is 4. The lowest BCUT2D eigenvalue weighted by Crippen LogP contribution is -2.25. The molecule has 1 amide bonds. The predicted molar refractivity (Wildman–Crippen MR) is 94.2 cm³/mol. The number of aromatic nitrogens is 1. The van der Waals surface area contributed by atoms with Crippen LogP contribution in [-0.4, -0.2) is 25.4 Å². The van der Waals surface area contributed by atoms with E-state index in [9.17, 15) is 13.2 Å². The van der Waals surface area contributed by atoms with E-state index in [1.54, 1.807) is 36.7 Å². The maximum atomic E-state index is 12.1. The summed E-state index contributed by atoms with van der Waals surface area (Å²) in [6.45, 7) is 0.455. The van der Waals surface area contributed by atoms with Crippen LogP contribution in [0.25, 0.3) is 0 Å². The van der Waals surface area contributed by atoms with Gasteiger partial charge in [-0.2, -0.15) is 0 Å². The number of nitrogens with zero attached hydrogens (tertiary/aromatic N) is 1. The van der Waals surface area contributed by atoms with Crippen molar-refractivity contribution in [1.82, 2.24) is 15.0 Å². The molecule has 1 aliphatic carbocycles. The van der Waals surface area contributed by atoms with Crippen molar-refractivity contribution in [3.05, 3.63) is 59.9 Å². The maximum Gasteiger partial charge on any atom is 0.240 e. The minimum atomic E-state index is -3.42. The van der Waals surface area contributed by atoms with Crippen molar-refractivity contribution in [3.63, 3.8) is 0 Å². The number of amides is 1. The number of aryl methyl sites for hydroxylation is 1. The fourth-order valence-corrected chi connectivity index (χ4v) is 3.68. The standard InChI is InChI=1S/C18H21N3O3S/c22-18(20-13-15-2-1-11-19-12-15)10-5-14-3-8-17(9-4-14)25(23,24)21-16-6-7-16/h1-4,8-9,11-12,16,21H,5-7,10,13H2,(H,20,22). The smallest absolute Gasteiger partial charge is 0.240 e. The van der Waals surface area contributed by atoms with Crippen molar-refractivity contribution in [2.24, 2.45) is 0 Å². The fourth-order valence-electron chi connectivity index (χ4n) is 2.37. The molecule has 0 aliphatic heterocycles. The molecule has 0 spiro atoms.